The van der Waals surface area contributed by atoms with Crippen LogP contribution in [0.5, 0.6) is 5.75 Å². The number of cyclic esters (lactones) is 1. The van der Waals surface area contributed by atoms with E-state index >= 15 is 0 Å². The Bertz CT molecular complexity index is 1560. The average molecular weight is 537 g/mol. The molecule has 0 saturated carbocycles. The maximum absolute atomic E-state index is 14.9. The van der Waals surface area contributed by atoms with Crippen LogP contribution in [0.25, 0.3) is 22.3 Å². The molecule has 3 aromatic rings. The summed E-state index contributed by atoms with van der Waals surface area (Å²) in [6, 6.07) is 5.58. The molecule has 0 aliphatic carbocycles. The van der Waals surface area contributed by atoms with Gasteiger partial charge in [0, 0.05) is 46.8 Å². The van der Waals surface area contributed by atoms with Gasteiger partial charge in [-0.15, -0.1) is 0 Å². The molecule has 3 N–H and O–H groups in total. The van der Waals surface area contributed by atoms with E-state index in [9.17, 15) is 24.2 Å². The van der Waals surface area contributed by atoms with Crippen LogP contribution in [0.1, 0.15) is 62.3 Å². The zero-order valence-electron chi connectivity index (χ0n) is 22.4. The molecule has 1 atom stereocenters. The van der Waals surface area contributed by atoms with Crippen LogP contribution in [0.4, 0.5) is 4.39 Å². The molecule has 3 aliphatic rings. The van der Waals surface area contributed by atoms with Crippen LogP contribution in [0.15, 0.2) is 23.0 Å². The van der Waals surface area contributed by atoms with E-state index in [4.69, 9.17) is 9.72 Å². The zero-order chi connectivity index (χ0) is 27.6. The highest BCUT2D eigenvalue weighted by Gasteiger charge is 2.45. The van der Waals surface area contributed by atoms with Crippen molar-refractivity contribution in [1.29, 1.82) is 0 Å². The van der Waals surface area contributed by atoms with Crippen molar-refractivity contribution >= 4 is 16.9 Å². The SMILES string of the molecule is CC[C@@]1(O)C(=O)OCc2c1cc1n(c2=O)Cc2cc3c(CN4CCC(NC(C)C)CC4)c(O)c(F)cc3nc2-1. The Morgan fingerprint density at radius 3 is 2.67 bits per heavy atom. The van der Waals surface area contributed by atoms with Crippen molar-refractivity contribution in [2.45, 2.75) is 77.4 Å². The number of aromatic nitrogens is 2. The summed E-state index contributed by atoms with van der Waals surface area (Å²) in [6.45, 7) is 8.00. The van der Waals surface area contributed by atoms with Crippen molar-refractivity contribution in [3.63, 3.8) is 0 Å². The number of halogens is 1. The number of benzene rings is 1. The second kappa shape index (κ2) is 9.39. The van der Waals surface area contributed by atoms with Crippen LogP contribution in [0.3, 0.4) is 0 Å². The minimum atomic E-state index is -1.91. The molecule has 2 aromatic heterocycles. The number of likely N-dealkylation sites (tertiary alicyclic amines) is 1. The third-order valence-corrected chi connectivity index (χ3v) is 8.38. The van der Waals surface area contributed by atoms with Crippen LogP contribution in [0, 0.1) is 5.82 Å². The summed E-state index contributed by atoms with van der Waals surface area (Å²) in [5, 5.41) is 26.0. The molecular formula is C29H33FN4O5. The molecule has 39 heavy (non-hydrogen) atoms. The number of fused-ring (bicyclic) bond motifs is 5. The number of aromatic hydroxyl groups is 1. The smallest absolute Gasteiger partial charge is 0.343 e. The summed E-state index contributed by atoms with van der Waals surface area (Å²) in [7, 11) is 0. The molecule has 1 saturated heterocycles. The van der Waals surface area contributed by atoms with E-state index < -0.39 is 17.4 Å². The maximum atomic E-state index is 14.9. The second-order valence-electron chi connectivity index (χ2n) is 11.2. The fraction of sp³-hybridized carbons (Fsp3) is 0.483. The van der Waals surface area contributed by atoms with E-state index in [1.807, 2.05) is 6.07 Å². The Balaban J connectivity index is 1.40. The van der Waals surface area contributed by atoms with Gasteiger partial charge in [0.05, 0.1) is 29.0 Å². The van der Waals surface area contributed by atoms with Crippen molar-refractivity contribution in [1.82, 2.24) is 19.8 Å². The van der Waals surface area contributed by atoms with Crippen molar-refractivity contribution in [3.05, 3.63) is 56.6 Å². The van der Waals surface area contributed by atoms with Gasteiger partial charge < -0.3 is 24.8 Å². The molecule has 5 heterocycles. The number of rotatable bonds is 5. The van der Waals surface area contributed by atoms with Gasteiger partial charge in [0.25, 0.3) is 5.56 Å². The fourth-order valence-electron chi connectivity index (χ4n) is 6.26. The summed E-state index contributed by atoms with van der Waals surface area (Å²) < 4.78 is 21.6. The van der Waals surface area contributed by atoms with E-state index in [2.05, 4.69) is 24.1 Å². The van der Waals surface area contributed by atoms with Crippen molar-refractivity contribution in [3.8, 4) is 17.1 Å². The predicted molar refractivity (Wildman–Crippen MR) is 143 cm³/mol. The van der Waals surface area contributed by atoms with Crippen LogP contribution in [-0.4, -0.2) is 55.8 Å². The molecule has 206 valence electrons. The monoisotopic (exact) mass is 536 g/mol. The molecule has 9 nitrogen and oxygen atoms in total. The van der Waals surface area contributed by atoms with Gasteiger partial charge in [-0.3, -0.25) is 9.69 Å². The number of aliphatic hydroxyl groups is 1. The van der Waals surface area contributed by atoms with Crippen LogP contribution in [-0.2, 0) is 34.8 Å². The van der Waals surface area contributed by atoms with Crippen LogP contribution in [0.2, 0.25) is 0 Å². The average Bonchev–Trinajstić information content (AvgIpc) is 3.27. The number of esters is 1. The molecule has 0 spiro atoms. The molecule has 1 aromatic carbocycles. The second-order valence-corrected chi connectivity index (χ2v) is 11.2. The summed E-state index contributed by atoms with van der Waals surface area (Å²) in [4.78, 5) is 32.8. The van der Waals surface area contributed by atoms with Gasteiger partial charge in [0.15, 0.2) is 17.2 Å². The summed E-state index contributed by atoms with van der Waals surface area (Å²) in [6.07, 6.45) is 2.00. The first kappa shape index (κ1) is 25.9. The number of ether oxygens (including phenoxy) is 1. The molecule has 10 heteroatoms. The highest BCUT2D eigenvalue weighted by atomic mass is 19.1. The van der Waals surface area contributed by atoms with E-state index in [1.54, 1.807) is 17.6 Å². The lowest BCUT2D eigenvalue weighted by atomic mass is 9.86. The highest BCUT2D eigenvalue weighted by molar-refractivity contribution is 5.89. The summed E-state index contributed by atoms with van der Waals surface area (Å²) in [5.41, 5.74) is 0.794. The first-order chi connectivity index (χ1) is 18.6. The molecule has 0 unspecified atom stereocenters. The Hall–Kier alpha value is -3.34. The lowest BCUT2D eigenvalue weighted by Crippen LogP contribution is -2.44. The third kappa shape index (κ3) is 4.13. The fourth-order valence-corrected chi connectivity index (χ4v) is 6.26. The van der Waals surface area contributed by atoms with Gasteiger partial charge in [-0.05, 0) is 44.5 Å². The van der Waals surface area contributed by atoms with Crippen molar-refractivity contribution < 1.29 is 24.1 Å². The Labute approximate surface area is 225 Å². The lowest BCUT2D eigenvalue weighted by molar-refractivity contribution is -0.172. The lowest BCUT2D eigenvalue weighted by Gasteiger charge is -2.33. The summed E-state index contributed by atoms with van der Waals surface area (Å²) in [5.74, 6) is -1.90. The van der Waals surface area contributed by atoms with Crippen molar-refractivity contribution in [2.75, 3.05) is 13.1 Å². The van der Waals surface area contributed by atoms with E-state index in [1.165, 1.54) is 6.07 Å². The van der Waals surface area contributed by atoms with Gasteiger partial charge in [-0.1, -0.05) is 20.8 Å². The molecule has 1 fully saturated rings. The van der Waals surface area contributed by atoms with Crippen LogP contribution >= 0.6 is 0 Å². The summed E-state index contributed by atoms with van der Waals surface area (Å²) >= 11 is 0. The van der Waals surface area contributed by atoms with Gasteiger partial charge in [0.2, 0.25) is 0 Å². The maximum Gasteiger partial charge on any atom is 0.343 e. The molecule has 6 rings (SSSR count). The quantitative estimate of drug-likeness (QED) is 0.334. The number of piperidine rings is 1. The van der Waals surface area contributed by atoms with Gasteiger partial charge >= 0.3 is 5.97 Å². The largest absolute Gasteiger partial charge is 0.505 e. The predicted octanol–water partition coefficient (Wildman–Crippen LogP) is 2.89. The topological polar surface area (TPSA) is 117 Å². The minimum Gasteiger partial charge on any atom is -0.505 e. The number of hydrogen-bond donors (Lipinski definition) is 3. The first-order valence-corrected chi connectivity index (χ1v) is 13.6. The molecule has 0 bridgehead atoms. The highest BCUT2D eigenvalue weighted by Crippen LogP contribution is 2.40. The number of carbonyl (C=O) groups is 1. The Morgan fingerprint density at radius 2 is 1.97 bits per heavy atom. The number of nitrogens with zero attached hydrogens (tertiary/aromatic N) is 3. The van der Waals surface area contributed by atoms with Gasteiger partial charge in [0.1, 0.15) is 6.61 Å². The standard InChI is InChI=1S/C29H33FN4O5/c1-4-29(38)21-10-24-25-16(12-34(24)27(36)20(21)14-39-28(29)37)9-18-19(26(35)22(30)11-23(18)32-25)13-33-7-5-17(6-8-33)31-15(2)3/h9-11,15,17,31,35,38H,4-8,12-14H2,1-3H3/t29-/m0/s1. The zero-order valence-corrected chi connectivity index (χ0v) is 22.4. The molecule has 3 aliphatic heterocycles. The number of hydrogen-bond acceptors (Lipinski definition) is 8. The number of pyridine rings is 2. The molecule has 0 radical (unpaired) electrons. The Morgan fingerprint density at radius 1 is 1.23 bits per heavy atom. The van der Waals surface area contributed by atoms with Gasteiger partial charge in [-0.2, -0.15) is 0 Å². The molecular weight excluding hydrogens is 503 g/mol. The number of phenolic OH excluding ortho intramolecular Hbond substituents is 1. The number of nitrogens with one attached hydrogen (secondary N) is 1. The first-order valence-electron chi connectivity index (χ1n) is 13.6. The number of carbonyl (C=O) groups excluding carboxylic acids is 1. The molecule has 0 amide bonds. The van der Waals surface area contributed by atoms with Crippen LogP contribution < -0.4 is 10.9 Å². The normalized spacial score (nSPS) is 21.2. The third-order valence-electron chi connectivity index (χ3n) is 8.38. The number of phenols is 1. The van der Waals surface area contributed by atoms with E-state index in [0.29, 0.717) is 46.5 Å². The van der Waals surface area contributed by atoms with E-state index in [-0.39, 0.29) is 42.0 Å². The van der Waals surface area contributed by atoms with Gasteiger partial charge in [-0.25, -0.2) is 14.2 Å². The van der Waals surface area contributed by atoms with E-state index in [0.717, 1.165) is 31.5 Å². The minimum absolute atomic E-state index is 0.0539. The van der Waals surface area contributed by atoms with Crippen molar-refractivity contribution in [2.24, 2.45) is 0 Å². The Kier molecular flexibility index (Phi) is 6.24.